The number of urea groups is 1. The normalized spacial score (nSPS) is 11.8. The smallest absolute Gasteiger partial charge is 0.340 e. The zero-order valence-electron chi connectivity index (χ0n) is 15.5. The van der Waals surface area contributed by atoms with Gasteiger partial charge in [0.2, 0.25) is 6.79 Å². The lowest BCUT2D eigenvalue weighted by Crippen LogP contribution is -2.34. The molecule has 0 saturated carbocycles. The Morgan fingerprint density at radius 1 is 1.07 bits per heavy atom. The number of carbonyl (C=O) groups excluding carboxylic acids is 3. The largest absolute Gasteiger partial charge is 0.454 e. The third-order valence-electron chi connectivity index (χ3n) is 3.84. The molecule has 8 heteroatoms. The molecule has 0 saturated heterocycles. The zero-order valence-corrected chi connectivity index (χ0v) is 15.5. The van der Waals surface area contributed by atoms with Crippen LogP contribution in [0.15, 0.2) is 42.5 Å². The molecule has 2 N–H and O–H groups in total. The quantitative estimate of drug-likeness (QED) is 0.586. The van der Waals surface area contributed by atoms with Gasteiger partial charge in [-0.1, -0.05) is 12.1 Å². The summed E-state index contributed by atoms with van der Waals surface area (Å²) in [5.41, 5.74) is 0.792. The number of fused-ring (bicyclic) bond motifs is 1. The highest BCUT2D eigenvalue weighted by Crippen LogP contribution is 2.32. The Balaban J connectivity index is 1.63. The fourth-order valence-corrected chi connectivity index (χ4v) is 2.55. The van der Waals surface area contributed by atoms with Gasteiger partial charge in [0, 0.05) is 11.6 Å². The molecule has 8 nitrogen and oxygen atoms in total. The van der Waals surface area contributed by atoms with Crippen molar-refractivity contribution < 1.29 is 28.6 Å². The van der Waals surface area contributed by atoms with E-state index >= 15 is 0 Å². The Kier molecular flexibility index (Phi) is 5.78. The molecular formula is C20H20N2O6. The summed E-state index contributed by atoms with van der Waals surface area (Å²) in [5, 5.41) is 5.28. The number of benzene rings is 2. The van der Waals surface area contributed by atoms with Crippen molar-refractivity contribution in [2.45, 2.75) is 19.9 Å². The first kappa shape index (κ1) is 19.2. The van der Waals surface area contributed by atoms with Gasteiger partial charge in [-0.3, -0.25) is 4.79 Å². The summed E-state index contributed by atoms with van der Waals surface area (Å²) >= 11 is 0. The van der Waals surface area contributed by atoms with E-state index in [9.17, 15) is 14.4 Å². The molecule has 0 radical (unpaired) electrons. The molecule has 0 fully saturated rings. The molecule has 3 rings (SSSR count). The Labute approximate surface area is 161 Å². The van der Waals surface area contributed by atoms with E-state index in [1.807, 2.05) is 13.8 Å². The fourth-order valence-electron chi connectivity index (χ4n) is 2.55. The highest BCUT2D eigenvalue weighted by molar-refractivity contribution is 6.03. The first-order valence-corrected chi connectivity index (χ1v) is 8.70. The Hall–Kier alpha value is -3.55. The van der Waals surface area contributed by atoms with E-state index in [2.05, 4.69) is 10.6 Å². The van der Waals surface area contributed by atoms with Crippen LogP contribution in [0.2, 0.25) is 0 Å². The number of esters is 1. The van der Waals surface area contributed by atoms with Crippen molar-refractivity contribution in [2.75, 3.05) is 18.7 Å². The second kappa shape index (κ2) is 8.43. The van der Waals surface area contributed by atoms with Gasteiger partial charge in [-0.05, 0) is 44.2 Å². The standard InChI is InChI=1S/C20H20N2O6/c1-12(2)21-20(25)22-15-6-4-3-5-14(15)19(24)26-10-16(23)13-7-8-17-18(9-13)28-11-27-17/h3-9,12H,10-11H2,1-2H3,(H2,21,22,25). The van der Waals surface area contributed by atoms with Crippen molar-refractivity contribution >= 4 is 23.5 Å². The van der Waals surface area contributed by atoms with Crippen LogP contribution in [0.25, 0.3) is 0 Å². The first-order valence-electron chi connectivity index (χ1n) is 8.70. The van der Waals surface area contributed by atoms with Crippen LogP contribution in [-0.4, -0.2) is 37.2 Å². The van der Waals surface area contributed by atoms with Crippen molar-refractivity contribution in [3.8, 4) is 11.5 Å². The molecule has 0 unspecified atom stereocenters. The summed E-state index contributed by atoms with van der Waals surface area (Å²) in [6.45, 7) is 3.31. The lowest BCUT2D eigenvalue weighted by Gasteiger charge is -2.13. The van der Waals surface area contributed by atoms with Gasteiger partial charge >= 0.3 is 12.0 Å². The van der Waals surface area contributed by atoms with E-state index in [1.54, 1.807) is 36.4 Å². The molecule has 1 heterocycles. The van der Waals surface area contributed by atoms with E-state index < -0.39 is 18.6 Å². The zero-order chi connectivity index (χ0) is 20.1. The molecule has 146 valence electrons. The molecule has 2 aromatic carbocycles. The molecule has 0 bridgehead atoms. The molecule has 0 aliphatic carbocycles. The molecule has 0 atom stereocenters. The van der Waals surface area contributed by atoms with Crippen LogP contribution in [0.5, 0.6) is 11.5 Å². The minimum atomic E-state index is -0.713. The van der Waals surface area contributed by atoms with Crippen molar-refractivity contribution in [2.24, 2.45) is 0 Å². The topological polar surface area (TPSA) is 103 Å². The number of amides is 2. The van der Waals surface area contributed by atoms with Crippen molar-refractivity contribution in [3.05, 3.63) is 53.6 Å². The molecule has 1 aliphatic heterocycles. The van der Waals surface area contributed by atoms with E-state index in [-0.39, 0.29) is 24.2 Å². The van der Waals surface area contributed by atoms with Gasteiger partial charge in [-0.25, -0.2) is 9.59 Å². The van der Waals surface area contributed by atoms with Crippen LogP contribution in [0, 0.1) is 0 Å². The minimum Gasteiger partial charge on any atom is -0.454 e. The van der Waals surface area contributed by atoms with Crippen LogP contribution in [0.1, 0.15) is 34.6 Å². The number of ether oxygens (including phenoxy) is 3. The van der Waals surface area contributed by atoms with E-state index in [0.717, 1.165) is 0 Å². The SMILES string of the molecule is CC(C)NC(=O)Nc1ccccc1C(=O)OCC(=O)c1ccc2c(c1)OCO2. The van der Waals surface area contributed by atoms with Crippen molar-refractivity contribution in [1.82, 2.24) is 5.32 Å². The third kappa shape index (κ3) is 4.59. The number of nitrogens with one attached hydrogen (secondary N) is 2. The molecule has 0 spiro atoms. The monoisotopic (exact) mass is 384 g/mol. The maximum atomic E-state index is 12.4. The summed E-state index contributed by atoms with van der Waals surface area (Å²) < 4.78 is 15.6. The summed E-state index contributed by atoms with van der Waals surface area (Å²) in [6.07, 6.45) is 0. The Morgan fingerprint density at radius 2 is 1.82 bits per heavy atom. The minimum absolute atomic E-state index is 0.0570. The summed E-state index contributed by atoms with van der Waals surface area (Å²) in [4.78, 5) is 36.6. The van der Waals surface area contributed by atoms with E-state index in [0.29, 0.717) is 22.7 Å². The van der Waals surface area contributed by atoms with Gasteiger partial charge in [0.15, 0.2) is 23.9 Å². The maximum absolute atomic E-state index is 12.4. The summed E-state index contributed by atoms with van der Waals surface area (Å²) in [6, 6.07) is 10.7. The van der Waals surface area contributed by atoms with Crippen LogP contribution in [0.3, 0.4) is 0 Å². The second-order valence-electron chi connectivity index (χ2n) is 6.37. The fraction of sp³-hybridized carbons (Fsp3) is 0.250. The maximum Gasteiger partial charge on any atom is 0.340 e. The highest BCUT2D eigenvalue weighted by atomic mass is 16.7. The lowest BCUT2D eigenvalue weighted by molar-refractivity contribution is 0.0475. The Morgan fingerprint density at radius 3 is 2.61 bits per heavy atom. The number of hydrogen-bond donors (Lipinski definition) is 2. The molecule has 28 heavy (non-hydrogen) atoms. The third-order valence-corrected chi connectivity index (χ3v) is 3.84. The molecule has 0 aromatic heterocycles. The molecular weight excluding hydrogens is 364 g/mol. The number of carbonyl (C=O) groups is 3. The number of anilines is 1. The predicted molar refractivity (Wildman–Crippen MR) is 101 cm³/mol. The van der Waals surface area contributed by atoms with Gasteiger partial charge in [0.25, 0.3) is 0 Å². The van der Waals surface area contributed by atoms with Crippen molar-refractivity contribution in [1.29, 1.82) is 0 Å². The number of hydrogen-bond acceptors (Lipinski definition) is 6. The summed E-state index contributed by atoms with van der Waals surface area (Å²) in [5.74, 6) is -0.0553. The predicted octanol–water partition coefficient (Wildman–Crippen LogP) is 2.98. The average Bonchev–Trinajstić information content (AvgIpc) is 3.13. The van der Waals surface area contributed by atoms with Crippen LogP contribution < -0.4 is 20.1 Å². The molecule has 2 aromatic rings. The van der Waals surface area contributed by atoms with Crippen LogP contribution >= 0.6 is 0 Å². The number of para-hydroxylation sites is 1. The van der Waals surface area contributed by atoms with Crippen molar-refractivity contribution in [3.63, 3.8) is 0 Å². The first-order chi connectivity index (χ1) is 13.4. The average molecular weight is 384 g/mol. The Bertz CT molecular complexity index is 909. The van der Waals surface area contributed by atoms with Gasteiger partial charge in [-0.15, -0.1) is 0 Å². The second-order valence-corrected chi connectivity index (χ2v) is 6.37. The van der Waals surface area contributed by atoms with Gasteiger partial charge in [-0.2, -0.15) is 0 Å². The lowest BCUT2D eigenvalue weighted by atomic mass is 10.1. The molecule has 2 amide bonds. The van der Waals surface area contributed by atoms with Crippen LogP contribution in [0.4, 0.5) is 10.5 Å². The number of Topliss-reactive ketones (excluding diaryl/α,β-unsaturated/α-hetero) is 1. The van der Waals surface area contributed by atoms with Gasteiger partial charge in [0.05, 0.1) is 11.3 Å². The van der Waals surface area contributed by atoms with E-state index in [1.165, 1.54) is 6.07 Å². The van der Waals surface area contributed by atoms with E-state index in [4.69, 9.17) is 14.2 Å². The summed E-state index contributed by atoms with van der Waals surface area (Å²) in [7, 11) is 0. The number of rotatable bonds is 6. The van der Waals surface area contributed by atoms with Gasteiger partial charge in [0.1, 0.15) is 0 Å². The molecule has 1 aliphatic rings. The van der Waals surface area contributed by atoms with Gasteiger partial charge < -0.3 is 24.8 Å². The highest BCUT2D eigenvalue weighted by Gasteiger charge is 2.19. The number of ketones is 1. The van der Waals surface area contributed by atoms with Crippen LogP contribution in [-0.2, 0) is 4.74 Å².